The van der Waals surface area contributed by atoms with Crippen molar-refractivity contribution < 1.29 is 4.74 Å². The SMILES string of the molecule is CCC1CCC(Oc2ccc(C)nc2CNC2CC2)CC1. The second kappa shape index (κ2) is 6.78. The number of aromatic nitrogens is 1. The molecule has 3 heteroatoms. The van der Waals surface area contributed by atoms with Gasteiger partial charge in [0, 0.05) is 18.3 Å². The maximum Gasteiger partial charge on any atom is 0.142 e. The van der Waals surface area contributed by atoms with Gasteiger partial charge in [-0.3, -0.25) is 4.98 Å². The molecule has 3 nitrogen and oxygen atoms in total. The van der Waals surface area contributed by atoms with Crippen LogP contribution in [0.25, 0.3) is 0 Å². The fraction of sp³-hybridized carbons (Fsp3) is 0.722. The van der Waals surface area contributed by atoms with Gasteiger partial charge in [0.1, 0.15) is 5.75 Å². The monoisotopic (exact) mass is 288 g/mol. The van der Waals surface area contributed by atoms with Crippen LogP contribution >= 0.6 is 0 Å². The fourth-order valence-electron chi connectivity index (χ4n) is 3.20. The molecule has 0 spiro atoms. The minimum Gasteiger partial charge on any atom is -0.488 e. The lowest BCUT2D eigenvalue weighted by molar-refractivity contribution is 0.128. The van der Waals surface area contributed by atoms with E-state index < -0.39 is 0 Å². The van der Waals surface area contributed by atoms with Crippen LogP contribution in [0.2, 0.25) is 0 Å². The first kappa shape index (κ1) is 14.8. The topological polar surface area (TPSA) is 34.1 Å². The molecular weight excluding hydrogens is 260 g/mol. The third-order valence-electron chi connectivity index (χ3n) is 4.87. The number of hydrogen-bond acceptors (Lipinski definition) is 3. The number of aryl methyl sites for hydroxylation is 1. The molecule has 0 unspecified atom stereocenters. The van der Waals surface area contributed by atoms with Crippen molar-refractivity contribution in [1.29, 1.82) is 0 Å². The smallest absolute Gasteiger partial charge is 0.142 e. The molecule has 21 heavy (non-hydrogen) atoms. The van der Waals surface area contributed by atoms with Crippen LogP contribution in [0.4, 0.5) is 0 Å². The molecule has 0 amide bonds. The van der Waals surface area contributed by atoms with E-state index in [0.29, 0.717) is 12.1 Å². The zero-order valence-corrected chi connectivity index (χ0v) is 13.4. The average molecular weight is 288 g/mol. The molecule has 2 fully saturated rings. The standard InChI is InChI=1S/C18H28N2O/c1-3-14-5-9-16(10-6-14)21-18-11-4-13(2)20-17(18)12-19-15-7-8-15/h4,11,14-16,19H,3,5-10,12H2,1-2H3. The average Bonchev–Trinajstić information content (AvgIpc) is 3.32. The Hall–Kier alpha value is -1.09. The normalized spacial score (nSPS) is 25.8. The highest BCUT2D eigenvalue weighted by molar-refractivity contribution is 5.29. The Morgan fingerprint density at radius 2 is 1.90 bits per heavy atom. The number of nitrogens with zero attached hydrogens (tertiary/aromatic N) is 1. The Morgan fingerprint density at radius 3 is 2.57 bits per heavy atom. The molecule has 0 saturated heterocycles. The molecule has 1 N–H and O–H groups in total. The van der Waals surface area contributed by atoms with Gasteiger partial charge in [-0.15, -0.1) is 0 Å². The van der Waals surface area contributed by atoms with Gasteiger partial charge in [-0.25, -0.2) is 0 Å². The van der Waals surface area contributed by atoms with Crippen molar-refractivity contribution in [2.75, 3.05) is 0 Å². The summed E-state index contributed by atoms with van der Waals surface area (Å²) in [6.07, 6.45) is 9.34. The van der Waals surface area contributed by atoms with E-state index in [0.717, 1.165) is 29.6 Å². The Bertz CT molecular complexity index is 462. The number of hydrogen-bond donors (Lipinski definition) is 1. The highest BCUT2D eigenvalue weighted by atomic mass is 16.5. The second-order valence-electron chi connectivity index (χ2n) is 6.72. The molecule has 3 rings (SSSR count). The first-order valence-corrected chi connectivity index (χ1v) is 8.61. The van der Waals surface area contributed by atoms with Crippen molar-refractivity contribution in [2.24, 2.45) is 5.92 Å². The molecule has 1 aromatic heterocycles. The molecule has 2 aliphatic rings. The van der Waals surface area contributed by atoms with Crippen LogP contribution in [0.15, 0.2) is 12.1 Å². The van der Waals surface area contributed by atoms with E-state index in [1.165, 1.54) is 44.9 Å². The summed E-state index contributed by atoms with van der Waals surface area (Å²) in [4.78, 5) is 4.68. The van der Waals surface area contributed by atoms with Crippen LogP contribution in [0.1, 0.15) is 63.3 Å². The summed E-state index contributed by atoms with van der Waals surface area (Å²) in [7, 11) is 0. The summed E-state index contributed by atoms with van der Waals surface area (Å²) in [6, 6.07) is 4.88. The summed E-state index contributed by atoms with van der Waals surface area (Å²) in [5, 5.41) is 3.55. The molecule has 0 atom stereocenters. The van der Waals surface area contributed by atoms with Gasteiger partial charge in [0.25, 0.3) is 0 Å². The number of ether oxygens (including phenoxy) is 1. The molecule has 2 aliphatic carbocycles. The van der Waals surface area contributed by atoms with Crippen molar-refractivity contribution in [3.05, 3.63) is 23.5 Å². The highest BCUT2D eigenvalue weighted by Gasteiger charge is 2.24. The van der Waals surface area contributed by atoms with Crippen LogP contribution < -0.4 is 10.1 Å². The lowest BCUT2D eigenvalue weighted by Gasteiger charge is -2.29. The molecule has 0 radical (unpaired) electrons. The van der Waals surface area contributed by atoms with Crippen molar-refractivity contribution in [3.8, 4) is 5.75 Å². The van der Waals surface area contributed by atoms with Gasteiger partial charge >= 0.3 is 0 Å². The predicted molar refractivity (Wildman–Crippen MR) is 85.5 cm³/mol. The van der Waals surface area contributed by atoms with Crippen molar-refractivity contribution in [1.82, 2.24) is 10.3 Å². The van der Waals surface area contributed by atoms with E-state index >= 15 is 0 Å². The number of pyridine rings is 1. The van der Waals surface area contributed by atoms with Crippen LogP contribution in [0.3, 0.4) is 0 Å². The largest absolute Gasteiger partial charge is 0.488 e. The van der Waals surface area contributed by atoms with Crippen LogP contribution in [0, 0.1) is 12.8 Å². The van der Waals surface area contributed by atoms with Gasteiger partial charge in [0.2, 0.25) is 0 Å². The Balaban J connectivity index is 1.60. The van der Waals surface area contributed by atoms with Crippen molar-refractivity contribution >= 4 is 0 Å². The fourth-order valence-corrected chi connectivity index (χ4v) is 3.20. The third kappa shape index (κ3) is 4.19. The van der Waals surface area contributed by atoms with Gasteiger partial charge in [-0.2, -0.15) is 0 Å². The Kier molecular flexibility index (Phi) is 4.79. The minimum atomic E-state index is 0.386. The number of nitrogens with one attached hydrogen (secondary N) is 1. The molecule has 0 aromatic carbocycles. The van der Waals surface area contributed by atoms with Crippen LogP contribution in [-0.4, -0.2) is 17.1 Å². The van der Waals surface area contributed by atoms with Gasteiger partial charge < -0.3 is 10.1 Å². The maximum absolute atomic E-state index is 6.28. The highest BCUT2D eigenvalue weighted by Crippen LogP contribution is 2.30. The van der Waals surface area contributed by atoms with E-state index in [1.54, 1.807) is 0 Å². The van der Waals surface area contributed by atoms with Crippen molar-refractivity contribution in [3.63, 3.8) is 0 Å². The summed E-state index contributed by atoms with van der Waals surface area (Å²) in [5.41, 5.74) is 2.16. The molecule has 0 bridgehead atoms. The van der Waals surface area contributed by atoms with E-state index in [-0.39, 0.29) is 0 Å². The molecule has 0 aliphatic heterocycles. The zero-order chi connectivity index (χ0) is 14.7. The quantitative estimate of drug-likeness (QED) is 0.859. The first-order chi connectivity index (χ1) is 10.2. The van der Waals surface area contributed by atoms with E-state index in [1.807, 2.05) is 0 Å². The minimum absolute atomic E-state index is 0.386. The van der Waals surface area contributed by atoms with Gasteiger partial charge in [0.05, 0.1) is 11.8 Å². The lowest BCUT2D eigenvalue weighted by Crippen LogP contribution is -2.25. The van der Waals surface area contributed by atoms with Crippen LogP contribution in [-0.2, 0) is 6.54 Å². The molecular formula is C18H28N2O. The summed E-state index contributed by atoms with van der Waals surface area (Å²) in [6.45, 7) is 5.19. The molecule has 2 saturated carbocycles. The predicted octanol–water partition coefficient (Wildman–Crippen LogP) is 3.99. The molecule has 1 aromatic rings. The second-order valence-corrected chi connectivity index (χ2v) is 6.72. The third-order valence-corrected chi connectivity index (χ3v) is 4.87. The van der Waals surface area contributed by atoms with Crippen LogP contribution in [0.5, 0.6) is 5.75 Å². The first-order valence-electron chi connectivity index (χ1n) is 8.61. The van der Waals surface area contributed by atoms with Gasteiger partial charge in [-0.1, -0.05) is 13.3 Å². The Morgan fingerprint density at radius 1 is 1.14 bits per heavy atom. The summed E-state index contributed by atoms with van der Waals surface area (Å²) >= 11 is 0. The number of rotatable bonds is 6. The Labute approximate surface area is 128 Å². The van der Waals surface area contributed by atoms with E-state index in [9.17, 15) is 0 Å². The lowest BCUT2D eigenvalue weighted by atomic mass is 9.86. The van der Waals surface area contributed by atoms with Crippen molar-refractivity contribution in [2.45, 2.75) is 77.5 Å². The van der Waals surface area contributed by atoms with Gasteiger partial charge in [0.15, 0.2) is 0 Å². The van der Waals surface area contributed by atoms with E-state index in [4.69, 9.17) is 4.74 Å². The van der Waals surface area contributed by atoms with Gasteiger partial charge in [-0.05, 0) is 63.5 Å². The summed E-state index contributed by atoms with van der Waals surface area (Å²) in [5.74, 6) is 1.91. The van der Waals surface area contributed by atoms with E-state index in [2.05, 4.69) is 36.3 Å². The molecule has 1 heterocycles. The zero-order valence-electron chi connectivity index (χ0n) is 13.4. The maximum atomic E-state index is 6.28. The molecule has 116 valence electrons. The summed E-state index contributed by atoms with van der Waals surface area (Å²) < 4.78 is 6.28.